The van der Waals surface area contributed by atoms with Crippen LogP contribution in [0.1, 0.15) is 31.7 Å². The molecule has 0 aliphatic heterocycles. The van der Waals surface area contributed by atoms with E-state index in [1.54, 1.807) is 12.1 Å². The maximum atomic E-state index is 10.4. The summed E-state index contributed by atoms with van der Waals surface area (Å²) < 4.78 is 0. The molecule has 0 amide bonds. The van der Waals surface area contributed by atoms with Crippen LogP contribution in [0.5, 0.6) is 5.75 Å². The first-order valence-corrected chi connectivity index (χ1v) is 8.85. The first-order valence-electron chi connectivity index (χ1n) is 8.85. The predicted octanol–water partition coefficient (Wildman–Crippen LogP) is -0.708. The molecule has 3 atom stereocenters. The van der Waals surface area contributed by atoms with Crippen molar-refractivity contribution >= 4 is 17.9 Å². The van der Waals surface area contributed by atoms with Crippen LogP contribution in [0.4, 0.5) is 0 Å². The maximum Gasteiger partial charge on any atom is 0.320 e. The summed E-state index contributed by atoms with van der Waals surface area (Å²) in [7, 11) is 0. The average Bonchev–Trinajstić information content (AvgIpc) is 2.64. The van der Waals surface area contributed by atoms with Crippen LogP contribution in [0.25, 0.3) is 0 Å². The minimum atomic E-state index is -1.02. The molecular formula is C18H32N4O7. The van der Waals surface area contributed by atoms with Gasteiger partial charge in [0, 0.05) is 0 Å². The lowest BCUT2D eigenvalue weighted by Crippen LogP contribution is -2.32. The smallest absolute Gasteiger partial charge is 0.320 e. The van der Waals surface area contributed by atoms with Crippen molar-refractivity contribution in [3.05, 3.63) is 29.8 Å². The van der Waals surface area contributed by atoms with E-state index in [9.17, 15) is 14.4 Å². The fourth-order valence-corrected chi connectivity index (χ4v) is 1.61. The second-order valence-electron chi connectivity index (χ2n) is 6.17. The van der Waals surface area contributed by atoms with Crippen molar-refractivity contribution in [2.45, 2.75) is 50.7 Å². The van der Waals surface area contributed by atoms with Crippen LogP contribution in [0.15, 0.2) is 24.3 Å². The molecule has 0 radical (unpaired) electrons. The highest BCUT2D eigenvalue weighted by Crippen LogP contribution is 2.10. The van der Waals surface area contributed by atoms with Crippen LogP contribution in [0, 0.1) is 0 Å². The second-order valence-corrected chi connectivity index (χ2v) is 6.17. The highest BCUT2D eigenvalue weighted by atomic mass is 16.4. The van der Waals surface area contributed by atoms with Crippen LogP contribution < -0.4 is 22.9 Å². The molecular weight excluding hydrogens is 384 g/mol. The maximum absolute atomic E-state index is 10.4. The third-order valence-electron chi connectivity index (χ3n) is 3.39. The molecule has 0 heterocycles. The van der Waals surface area contributed by atoms with Gasteiger partial charge in [-0.2, -0.15) is 0 Å². The number of carbonyl (C=O) groups is 3. The van der Waals surface area contributed by atoms with Crippen LogP contribution in [0.2, 0.25) is 0 Å². The Morgan fingerprint density at radius 1 is 0.862 bits per heavy atom. The van der Waals surface area contributed by atoms with E-state index in [-0.39, 0.29) is 12.2 Å². The largest absolute Gasteiger partial charge is 0.508 e. The lowest BCUT2D eigenvalue weighted by Gasteiger charge is -2.05. The Hall–Kier alpha value is -2.73. The quantitative estimate of drug-likeness (QED) is 0.234. The molecule has 29 heavy (non-hydrogen) atoms. The van der Waals surface area contributed by atoms with Crippen LogP contribution in [-0.2, 0) is 20.8 Å². The van der Waals surface area contributed by atoms with E-state index in [1.165, 1.54) is 19.1 Å². The lowest BCUT2D eigenvalue weighted by atomic mass is 10.1. The number of unbranched alkanes of at least 4 members (excludes halogenated alkanes) is 1. The first kappa shape index (κ1) is 28.5. The summed E-state index contributed by atoms with van der Waals surface area (Å²) in [5.74, 6) is -2.76. The third-order valence-corrected chi connectivity index (χ3v) is 3.39. The molecule has 0 aliphatic rings. The molecule has 0 spiro atoms. The Labute approximate surface area is 169 Å². The second kappa shape index (κ2) is 16.2. The Balaban J connectivity index is 0. The van der Waals surface area contributed by atoms with E-state index >= 15 is 0 Å². The van der Waals surface area contributed by atoms with E-state index in [0.717, 1.165) is 18.4 Å². The normalized spacial score (nSPS) is 12.9. The number of aromatic hydroxyl groups is 1. The standard InChI is InChI=1S/C9H11NO3.C6H14N2O2.C3H7NO2/c10-8(9(12)13)5-6-1-3-7(11)4-2-6;7-4-2-1-3-5(8)6(9)10;1-2(4)3(5)6/h1-4,8,11H,5,10H2,(H,12,13);5H,1-4,7-8H2,(H,9,10);2H,4H2,1H3,(H,5,6)/t8-;5-;2-/m000/s1. The summed E-state index contributed by atoms with van der Waals surface area (Å²) in [6, 6.07) is 3.98. The minimum Gasteiger partial charge on any atom is -0.508 e. The molecule has 0 bridgehead atoms. The summed E-state index contributed by atoms with van der Waals surface area (Å²) in [5, 5.41) is 33.7. The van der Waals surface area contributed by atoms with Crippen molar-refractivity contribution in [3.63, 3.8) is 0 Å². The number of phenols is 1. The van der Waals surface area contributed by atoms with Gasteiger partial charge in [0.15, 0.2) is 0 Å². The Morgan fingerprint density at radius 2 is 1.31 bits per heavy atom. The van der Waals surface area contributed by atoms with Crippen molar-refractivity contribution in [1.29, 1.82) is 0 Å². The van der Waals surface area contributed by atoms with E-state index in [0.29, 0.717) is 13.0 Å². The summed E-state index contributed by atoms with van der Waals surface area (Å²) in [6.07, 6.45) is 2.44. The SMILES string of the molecule is C[C@H](N)C(=O)O.NCCCC[C@H](N)C(=O)O.N[C@@H](Cc1ccc(O)cc1)C(=O)O. The van der Waals surface area contributed by atoms with E-state index in [2.05, 4.69) is 0 Å². The number of phenolic OH excluding ortho intramolecular Hbond substituents is 1. The van der Waals surface area contributed by atoms with Crippen LogP contribution in [0.3, 0.4) is 0 Å². The predicted molar refractivity (Wildman–Crippen MR) is 107 cm³/mol. The average molecular weight is 416 g/mol. The van der Waals surface area contributed by atoms with Gasteiger partial charge in [-0.25, -0.2) is 0 Å². The van der Waals surface area contributed by atoms with Gasteiger partial charge in [0.2, 0.25) is 0 Å². The van der Waals surface area contributed by atoms with Gasteiger partial charge in [-0.1, -0.05) is 18.6 Å². The van der Waals surface area contributed by atoms with Crippen LogP contribution >= 0.6 is 0 Å². The number of rotatable bonds is 9. The molecule has 12 N–H and O–H groups in total. The zero-order valence-corrected chi connectivity index (χ0v) is 16.4. The van der Waals surface area contributed by atoms with Crippen molar-refractivity contribution in [3.8, 4) is 5.75 Å². The monoisotopic (exact) mass is 416 g/mol. The summed E-state index contributed by atoms with van der Waals surface area (Å²) >= 11 is 0. The number of aliphatic carboxylic acids is 3. The van der Waals surface area contributed by atoms with Gasteiger partial charge < -0.3 is 43.4 Å². The van der Waals surface area contributed by atoms with Gasteiger partial charge in [-0.15, -0.1) is 0 Å². The summed E-state index contributed by atoms with van der Waals surface area (Å²) in [5.41, 5.74) is 21.4. The number of carboxylic acid groups (broad SMARTS) is 3. The van der Waals surface area contributed by atoms with Gasteiger partial charge >= 0.3 is 17.9 Å². The molecule has 0 aromatic heterocycles. The van der Waals surface area contributed by atoms with Gasteiger partial charge in [0.25, 0.3) is 0 Å². The number of hydrogen-bond acceptors (Lipinski definition) is 8. The van der Waals surface area contributed by atoms with Crippen molar-refractivity contribution in [2.24, 2.45) is 22.9 Å². The minimum absolute atomic E-state index is 0.160. The number of benzene rings is 1. The van der Waals surface area contributed by atoms with Crippen molar-refractivity contribution in [2.75, 3.05) is 6.54 Å². The van der Waals surface area contributed by atoms with E-state index in [4.69, 9.17) is 43.4 Å². The molecule has 1 aromatic carbocycles. The topological polar surface area (TPSA) is 236 Å². The molecule has 1 aromatic rings. The molecule has 0 fully saturated rings. The summed E-state index contributed by atoms with van der Waals surface area (Å²) in [4.78, 5) is 30.1. The zero-order chi connectivity index (χ0) is 23.0. The lowest BCUT2D eigenvalue weighted by molar-refractivity contribution is -0.139. The number of hydrogen-bond donors (Lipinski definition) is 8. The van der Waals surface area contributed by atoms with Crippen molar-refractivity contribution in [1.82, 2.24) is 0 Å². The molecule has 1 rings (SSSR count). The number of carboxylic acids is 3. The molecule has 11 heteroatoms. The van der Waals surface area contributed by atoms with E-state index < -0.39 is 36.0 Å². The van der Waals surface area contributed by atoms with Gasteiger partial charge in [0.05, 0.1) is 0 Å². The van der Waals surface area contributed by atoms with Gasteiger partial charge in [-0.05, 0) is 50.4 Å². The Bertz CT molecular complexity index is 609. The third kappa shape index (κ3) is 17.1. The number of nitrogens with two attached hydrogens (primary N) is 4. The Kier molecular flexibility index (Phi) is 16.0. The highest BCUT2D eigenvalue weighted by molar-refractivity contribution is 5.73. The zero-order valence-electron chi connectivity index (χ0n) is 16.4. The molecule has 0 saturated heterocycles. The molecule has 11 nitrogen and oxygen atoms in total. The van der Waals surface area contributed by atoms with Crippen molar-refractivity contribution < 1.29 is 34.8 Å². The fraction of sp³-hybridized carbons (Fsp3) is 0.500. The van der Waals surface area contributed by atoms with E-state index in [1.807, 2.05) is 0 Å². The first-order chi connectivity index (χ1) is 13.4. The molecule has 0 unspecified atom stereocenters. The molecule has 166 valence electrons. The van der Waals surface area contributed by atoms with Gasteiger partial charge in [0.1, 0.15) is 23.9 Å². The Morgan fingerprint density at radius 3 is 1.66 bits per heavy atom. The fourth-order valence-electron chi connectivity index (χ4n) is 1.61. The molecule has 0 aliphatic carbocycles. The molecule has 0 saturated carbocycles. The summed E-state index contributed by atoms with van der Waals surface area (Å²) in [6.45, 7) is 2.02. The van der Waals surface area contributed by atoms with Crippen LogP contribution in [-0.4, -0.2) is 63.0 Å². The van der Waals surface area contributed by atoms with Gasteiger partial charge in [-0.3, -0.25) is 14.4 Å². The highest BCUT2D eigenvalue weighted by Gasteiger charge is 2.11.